The van der Waals surface area contributed by atoms with Crippen LogP contribution in [0.2, 0.25) is 0 Å². The number of fused-ring (bicyclic) bond motifs is 1. The lowest BCUT2D eigenvalue weighted by Crippen LogP contribution is -2.41. The Kier molecular flexibility index (Phi) is 5.26. The predicted molar refractivity (Wildman–Crippen MR) is 108 cm³/mol. The molecule has 5 heteroatoms. The van der Waals surface area contributed by atoms with E-state index in [0.717, 1.165) is 37.1 Å². The van der Waals surface area contributed by atoms with Crippen LogP contribution in [0.3, 0.4) is 0 Å². The number of amides is 1. The van der Waals surface area contributed by atoms with Gasteiger partial charge in [0.2, 0.25) is 0 Å². The summed E-state index contributed by atoms with van der Waals surface area (Å²) in [6.45, 7) is 2.20. The third-order valence-corrected chi connectivity index (χ3v) is 5.31. The van der Waals surface area contributed by atoms with Crippen molar-refractivity contribution in [3.63, 3.8) is 0 Å². The maximum atomic E-state index is 13.0. The number of benzene rings is 2. The zero-order valence-corrected chi connectivity index (χ0v) is 15.9. The van der Waals surface area contributed by atoms with E-state index < -0.39 is 0 Å². The summed E-state index contributed by atoms with van der Waals surface area (Å²) in [4.78, 5) is 26.8. The van der Waals surface area contributed by atoms with Gasteiger partial charge in [-0.05, 0) is 54.2 Å². The minimum atomic E-state index is -0.0626. The summed E-state index contributed by atoms with van der Waals surface area (Å²) in [5, 5.41) is 0.552. The summed E-state index contributed by atoms with van der Waals surface area (Å²) < 4.78 is 10.7. The molecular weight excluding hydrogens is 354 g/mol. The second-order valence-electron chi connectivity index (χ2n) is 7.29. The van der Waals surface area contributed by atoms with Crippen LogP contribution in [0.1, 0.15) is 23.2 Å². The lowest BCUT2D eigenvalue weighted by molar-refractivity contribution is 0.0571. The van der Waals surface area contributed by atoms with E-state index >= 15 is 0 Å². The number of rotatable bonds is 4. The van der Waals surface area contributed by atoms with E-state index in [1.165, 1.54) is 12.3 Å². The highest BCUT2D eigenvalue weighted by Gasteiger charge is 2.24. The lowest BCUT2D eigenvalue weighted by Gasteiger charge is -2.32. The molecule has 1 aliphatic heterocycles. The lowest BCUT2D eigenvalue weighted by atomic mass is 9.97. The van der Waals surface area contributed by atoms with Crippen molar-refractivity contribution in [1.82, 2.24) is 4.90 Å². The summed E-state index contributed by atoms with van der Waals surface area (Å²) in [7, 11) is 1.70. The summed E-state index contributed by atoms with van der Waals surface area (Å²) >= 11 is 0. The SMILES string of the molecule is COCC1CCCN(C(=O)c2cccc(-c3ccc4c(=O)ccoc4c3)c2)C1. The Bertz CT molecular complexity index is 1050. The normalized spacial score (nSPS) is 17.0. The molecule has 1 unspecified atom stereocenters. The Hall–Kier alpha value is -2.92. The number of hydrogen-bond donors (Lipinski definition) is 0. The molecule has 2 aromatic carbocycles. The van der Waals surface area contributed by atoms with Gasteiger partial charge in [0, 0.05) is 31.8 Å². The number of carbonyl (C=O) groups is 1. The van der Waals surface area contributed by atoms with Gasteiger partial charge in [0.15, 0.2) is 5.43 Å². The molecule has 0 bridgehead atoms. The van der Waals surface area contributed by atoms with Gasteiger partial charge in [-0.1, -0.05) is 18.2 Å². The molecular formula is C23H23NO4. The van der Waals surface area contributed by atoms with Gasteiger partial charge in [0.25, 0.3) is 5.91 Å². The molecule has 1 saturated heterocycles. The van der Waals surface area contributed by atoms with E-state index in [9.17, 15) is 9.59 Å². The van der Waals surface area contributed by atoms with Crippen LogP contribution < -0.4 is 5.43 Å². The number of ether oxygens (including phenoxy) is 1. The molecule has 1 aliphatic rings. The maximum Gasteiger partial charge on any atom is 0.253 e. The number of piperidine rings is 1. The first-order valence-electron chi connectivity index (χ1n) is 9.56. The fraction of sp³-hybridized carbons (Fsp3) is 0.304. The van der Waals surface area contributed by atoms with Crippen molar-refractivity contribution in [3.8, 4) is 11.1 Å². The van der Waals surface area contributed by atoms with Gasteiger partial charge in [-0.2, -0.15) is 0 Å². The third-order valence-electron chi connectivity index (χ3n) is 5.31. The van der Waals surface area contributed by atoms with E-state index in [4.69, 9.17) is 9.15 Å². The van der Waals surface area contributed by atoms with Crippen LogP contribution in [-0.2, 0) is 4.74 Å². The molecule has 5 nitrogen and oxygen atoms in total. The maximum absolute atomic E-state index is 13.0. The van der Waals surface area contributed by atoms with Crippen LogP contribution in [0.15, 0.2) is 64.0 Å². The molecule has 2 heterocycles. The average Bonchev–Trinajstić information content (AvgIpc) is 2.74. The first kappa shape index (κ1) is 18.4. The fourth-order valence-corrected chi connectivity index (χ4v) is 3.90. The van der Waals surface area contributed by atoms with Crippen LogP contribution in [-0.4, -0.2) is 37.6 Å². The third kappa shape index (κ3) is 3.71. The van der Waals surface area contributed by atoms with Crippen molar-refractivity contribution in [2.24, 2.45) is 5.92 Å². The van der Waals surface area contributed by atoms with E-state index in [0.29, 0.717) is 29.1 Å². The van der Waals surface area contributed by atoms with Crippen molar-refractivity contribution in [3.05, 3.63) is 70.6 Å². The molecule has 28 heavy (non-hydrogen) atoms. The highest BCUT2D eigenvalue weighted by Crippen LogP contribution is 2.25. The van der Waals surface area contributed by atoms with Crippen LogP contribution in [0.5, 0.6) is 0 Å². The van der Waals surface area contributed by atoms with Crippen LogP contribution in [0.25, 0.3) is 22.1 Å². The van der Waals surface area contributed by atoms with Gasteiger partial charge in [0.1, 0.15) is 5.58 Å². The van der Waals surface area contributed by atoms with E-state index in [1.807, 2.05) is 41.3 Å². The Morgan fingerprint density at radius 1 is 1.18 bits per heavy atom. The molecule has 1 atom stereocenters. The van der Waals surface area contributed by atoms with Crippen molar-refractivity contribution in [2.75, 3.05) is 26.8 Å². The summed E-state index contributed by atoms with van der Waals surface area (Å²) in [5.41, 5.74) is 2.98. The summed E-state index contributed by atoms with van der Waals surface area (Å²) in [5.74, 6) is 0.448. The summed E-state index contributed by atoms with van der Waals surface area (Å²) in [6.07, 6.45) is 3.50. The molecule has 3 aromatic rings. The first-order valence-corrected chi connectivity index (χ1v) is 9.56. The van der Waals surface area contributed by atoms with Crippen molar-refractivity contribution in [2.45, 2.75) is 12.8 Å². The quantitative estimate of drug-likeness (QED) is 0.691. The average molecular weight is 377 g/mol. The number of nitrogens with zero attached hydrogens (tertiary/aromatic N) is 1. The zero-order chi connectivity index (χ0) is 19.5. The number of hydrogen-bond acceptors (Lipinski definition) is 4. The smallest absolute Gasteiger partial charge is 0.253 e. The Balaban J connectivity index is 1.61. The predicted octanol–water partition coefficient (Wildman–Crippen LogP) is 3.96. The van der Waals surface area contributed by atoms with Crippen LogP contribution in [0.4, 0.5) is 0 Å². The molecule has 1 fully saturated rings. The highest BCUT2D eigenvalue weighted by atomic mass is 16.5. The molecule has 4 rings (SSSR count). The Morgan fingerprint density at radius 3 is 2.89 bits per heavy atom. The molecule has 0 spiro atoms. The minimum Gasteiger partial charge on any atom is -0.464 e. The largest absolute Gasteiger partial charge is 0.464 e. The van der Waals surface area contributed by atoms with Crippen molar-refractivity contribution < 1.29 is 13.9 Å². The van der Waals surface area contributed by atoms with E-state index in [1.54, 1.807) is 13.2 Å². The second kappa shape index (κ2) is 7.98. The van der Waals surface area contributed by atoms with Gasteiger partial charge < -0.3 is 14.1 Å². The van der Waals surface area contributed by atoms with E-state index in [2.05, 4.69) is 0 Å². The molecule has 144 valence electrons. The number of likely N-dealkylation sites (tertiary alicyclic amines) is 1. The first-order chi connectivity index (χ1) is 13.7. The monoisotopic (exact) mass is 377 g/mol. The minimum absolute atomic E-state index is 0.0509. The zero-order valence-electron chi connectivity index (χ0n) is 15.9. The van der Waals surface area contributed by atoms with Crippen LogP contribution in [0, 0.1) is 5.92 Å². The Labute approximate surface area is 163 Å². The van der Waals surface area contributed by atoms with E-state index in [-0.39, 0.29) is 11.3 Å². The molecule has 1 aromatic heterocycles. The second-order valence-corrected chi connectivity index (χ2v) is 7.29. The molecule has 0 aliphatic carbocycles. The highest BCUT2D eigenvalue weighted by molar-refractivity contribution is 5.96. The standard InChI is InChI=1S/C23H23NO4/c1-27-15-16-4-3-10-24(14-16)23(26)19-6-2-5-17(12-19)18-7-8-20-21(25)9-11-28-22(20)13-18/h2,5-9,11-13,16H,3-4,10,14-15H2,1H3. The topological polar surface area (TPSA) is 59.8 Å². The van der Waals surface area contributed by atoms with Gasteiger partial charge in [-0.15, -0.1) is 0 Å². The van der Waals surface area contributed by atoms with Gasteiger partial charge in [-0.3, -0.25) is 9.59 Å². The summed E-state index contributed by atoms with van der Waals surface area (Å²) in [6, 6.07) is 14.5. The van der Waals surface area contributed by atoms with Gasteiger partial charge in [0.05, 0.1) is 18.3 Å². The molecule has 1 amide bonds. The van der Waals surface area contributed by atoms with Crippen molar-refractivity contribution >= 4 is 16.9 Å². The molecule has 0 saturated carbocycles. The molecule has 0 N–H and O–H groups in total. The Morgan fingerprint density at radius 2 is 2.04 bits per heavy atom. The van der Waals surface area contributed by atoms with Gasteiger partial charge in [-0.25, -0.2) is 0 Å². The fourth-order valence-electron chi connectivity index (χ4n) is 3.90. The molecule has 0 radical (unpaired) electrons. The van der Waals surface area contributed by atoms with Crippen LogP contribution >= 0.6 is 0 Å². The van der Waals surface area contributed by atoms with Gasteiger partial charge >= 0.3 is 0 Å². The number of methoxy groups -OCH3 is 1. The van der Waals surface area contributed by atoms with Crippen molar-refractivity contribution in [1.29, 1.82) is 0 Å². The number of carbonyl (C=O) groups excluding carboxylic acids is 1.